The summed E-state index contributed by atoms with van der Waals surface area (Å²) in [4.78, 5) is 25.7. The van der Waals surface area contributed by atoms with Crippen LogP contribution in [0.25, 0.3) is 22.3 Å². The number of benzene rings is 2. The Hall–Kier alpha value is -3.64. The maximum atomic E-state index is 13.1. The first-order valence-electron chi connectivity index (χ1n) is 14.0. The van der Waals surface area contributed by atoms with E-state index in [2.05, 4.69) is 0 Å². The molecule has 10 unspecified atom stereocenters. The van der Waals surface area contributed by atoms with Crippen molar-refractivity contribution in [2.45, 2.75) is 75.3 Å². The zero-order valence-electron chi connectivity index (χ0n) is 24.3. The van der Waals surface area contributed by atoms with Gasteiger partial charge in [0.25, 0.3) is 0 Å². The highest BCUT2D eigenvalue weighted by Gasteiger charge is 2.47. The van der Waals surface area contributed by atoms with Crippen molar-refractivity contribution in [1.82, 2.24) is 0 Å². The lowest BCUT2D eigenvalue weighted by atomic mass is 9.98. The van der Waals surface area contributed by atoms with E-state index in [0.29, 0.717) is 11.3 Å². The Balaban J connectivity index is 1.44. The first-order chi connectivity index (χ1) is 21.3. The van der Waals surface area contributed by atoms with Crippen molar-refractivity contribution in [3.8, 4) is 28.6 Å². The zero-order valence-corrected chi connectivity index (χ0v) is 24.3. The van der Waals surface area contributed by atoms with Crippen LogP contribution in [0.4, 0.5) is 0 Å². The second-order valence-corrected chi connectivity index (χ2v) is 10.9. The molecule has 2 fully saturated rings. The van der Waals surface area contributed by atoms with Gasteiger partial charge < -0.3 is 63.8 Å². The molecule has 2 saturated heterocycles. The van der Waals surface area contributed by atoms with E-state index in [9.17, 15) is 45.3 Å². The van der Waals surface area contributed by atoms with Crippen molar-refractivity contribution >= 4 is 16.8 Å². The van der Waals surface area contributed by atoms with Crippen molar-refractivity contribution in [1.29, 1.82) is 0 Å². The predicted molar refractivity (Wildman–Crippen MR) is 152 cm³/mol. The number of methoxy groups -OCH3 is 1. The fourth-order valence-electron chi connectivity index (χ4n) is 5.23. The molecule has 7 N–H and O–H groups in total. The summed E-state index contributed by atoms with van der Waals surface area (Å²) in [5.41, 5.74) is -0.759. The van der Waals surface area contributed by atoms with E-state index >= 15 is 0 Å². The van der Waals surface area contributed by atoms with Crippen molar-refractivity contribution in [2.24, 2.45) is 0 Å². The molecule has 10 atom stereocenters. The summed E-state index contributed by atoms with van der Waals surface area (Å²) in [6.07, 6.45) is -15.6. The van der Waals surface area contributed by atoms with Gasteiger partial charge in [-0.3, -0.25) is 9.59 Å². The van der Waals surface area contributed by atoms with Gasteiger partial charge in [-0.2, -0.15) is 0 Å². The average molecular weight is 635 g/mol. The Morgan fingerprint density at radius 1 is 0.867 bits per heavy atom. The van der Waals surface area contributed by atoms with E-state index in [0.717, 1.165) is 19.1 Å². The van der Waals surface area contributed by atoms with Crippen LogP contribution in [0.5, 0.6) is 17.2 Å². The van der Waals surface area contributed by atoms with E-state index in [1.54, 1.807) is 24.3 Å². The summed E-state index contributed by atoms with van der Waals surface area (Å²) < 4.78 is 33.3. The summed E-state index contributed by atoms with van der Waals surface area (Å²) in [6.45, 7) is 2.00. The van der Waals surface area contributed by atoms with E-state index in [-0.39, 0.29) is 22.5 Å². The Morgan fingerprint density at radius 2 is 1.51 bits per heavy atom. The number of fused-ring (bicyclic) bond motifs is 1. The molecule has 0 radical (unpaired) electrons. The first-order valence-corrected chi connectivity index (χ1v) is 14.0. The van der Waals surface area contributed by atoms with Gasteiger partial charge in [-0.15, -0.1) is 0 Å². The highest BCUT2D eigenvalue weighted by molar-refractivity contribution is 6.05. The predicted octanol–water partition coefficient (Wildman–Crippen LogP) is -0.593. The van der Waals surface area contributed by atoms with Gasteiger partial charge in [-0.05, 0) is 38.1 Å². The summed E-state index contributed by atoms with van der Waals surface area (Å²) in [5.74, 6) is -1.13. The van der Waals surface area contributed by atoms with Gasteiger partial charge in [-0.1, -0.05) is 0 Å². The molecule has 0 spiro atoms. The largest absolute Gasteiger partial charge is 0.506 e. The maximum Gasteiger partial charge on any atom is 0.229 e. The number of ketones is 1. The molecular weight excluding hydrogens is 600 g/mol. The normalized spacial score (nSPS) is 31.9. The standard InChI is InChI=1S/C30H34O15/c1-11(31)20-17(9-18-21(24(20)35)15(32)8-16(43-18)13-4-6-14(40-3)7-5-13)44-30-28(39)26(37)23(34)19(45-30)10-41-29-27(38)25(36)22(33)12(2)42-29/h4-9,12,19,22-23,25-30,33-39H,10H2,1-3H3. The molecule has 15 nitrogen and oxygen atoms in total. The van der Waals surface area contributed by atoms with Crippen LogP contribution in [-0.4, -0.2) is 117 Å². The average Bonchev–Trinajstić information content (AvgIpc) is 3.01. The lowest BCUT2D eigenvalue weighted by Gasteiger charge is -2.42. The lowest BCUT2D eigenvalue weighted by molar-refractivity contribution is -0.318. The molecule has 0 bridgehead atoms. The van der Waals surface area contributed by atoms with Gasteiger partial charge in [0.05, 0.1) is 19.8 Å². The first kappa shape index (κ1) is 32.7. The van der Waals surface area contributed by atoms with Crippen LogP contribution < -0.4 is 14.9 Å². The third-order valence-corrected chi connectivity index (χ3v) is 7.83. The van der Waals surface area contributed by atoms with Crippen LogP contribution in [0.2, 0.25) is 0 Å². The molecule has 2 aliphatic rings. The van der Waals surface area contributed by atoms with Crippen LogP contribution in [-0.2, 0) is 14.2 Å². The molecule has 0 amide bonds. The monoisotopic (exact) mass is 634 g/mol. The number of carbonyl (C=O) groups excluding carboxylic acids is 1. The van der Waals surface area contributed by atoms with Crippen LogP contribution >= 0.6 is 0 Å². The van der Waals surface area contributed by atoms with E-state index in [1.807, 2.05) is 0 Å². The van der Waals surface area contributed by atoms with Crippen molar-refractivity contribution < 1.29 is 68.6 Å². The van der Waals surface area contributed by atoms with E-state index < -0.39 is 90.5 Å². The second-order valence-electron chi connectivity index (χ2n) is 10.9. The molecule has 3 aromatic rings. The second kappa shape index (κ2) is 13.0. The number of rotatable bonds is 8. The fourth-order valence-corrected chi connectivity index (χ4v) is 5.23. The molecular formula is C30H34O15. The lowest BCUT2D eigenvalue weighted by Crippen LogP contribution is -2.61. The van der Waals surface area contributed by atoms with Gasteiger partial charge in [0.15, 0.2) is 17.5 Å². The number of hydrogen-bond donors (Lipinski definition) is 7. The van der Waals surface area contributed by atoms with Gasteiger partial charge in [0, 0.05) is 17.7 Å². The molecule has 244 valence electrons. The van der Waals surface area contributed by atoms with Gasteiger partial charge in [0.1, 0.15) is 82.3 Å². The van der Waals surface area contributed by atoms with E-state index in [1.165, 1.54) is 14.0 Å². The van der Waals surface area contributed by atoms with Gasteiger partial charge >= 0.3 is 0 Å². The summed E-state index contributed by atoms with van der Waals surface area (Å²) in [6, 6.07) is 8.90. The molecule has 1 aromatic heterocycles. The summed E-state index contributed by atoms with van der Waals surface area (Å²) in [7, 11) is 1.50. The number of hydrogen-bond acceptors (Lipinski definition) is 15. The minimum absolute atomic E-state index is 0.125. The maximum absolute atomic E-state index is 13.1. The quantitative estimate of drug-likeness (QED) is 0.153. The zero-order chi connectivity index (χ0) is 32.7. The number of aromatic hydroxyl groups is 1. The molecule has 2 aliphatic heterocycles. The van der Waals surface area contributed by atoms with E-state index in [4.69, 9.17) is 28.1 Å². The molecule has 45 heavy (non-hydrogen) atoms. The van der Waals surface area contributed by atoms with Gasteiger partial charge in [-0.25, -0.2) is 0 Å². The number of phenolic OH excluding ortho intramolecular Hbond substituents is 1. The number of aliphatic hydroxyl groups excluding tert-OH is 6. The van der Waals surface area contributed by atoms with Crippen LogP contribution in [0, 0.1) is 0 Å². The molecule has 3 heterocycles. The minimum atomic E-state index is -1.87. The van der Waals surface area contributed by atoms with Crippen molar-refractivity contribution in [2.75, 3.05) is 13.7 Å². The Kier molecular flexibility index (Phi) is 9.46. The number of aliphatic hydroxyl groups is 6. The highest BCUT2D eigenvalue weighted by Crippen LogP contribution is 2.38. The highest BCUT2D eigenvalue weighted by atomic mass is 16.7. The smallest absolute Gasteiger partial charge is 0.229 e. The number of ether oxygens (including phenoxy) is 5. The van der Waals surface area contributed by atoms with Crippen LogP contribution in [0.1, 0.15) is 24.2 Å². The molecule has 15 heteroatoms. The third kappa shape index (κ3) is 6.27. The number of phenols is 1. The Bertz CT molecular complexity index is 1590. The minimum Gasteiger partial charge on any atom is -0.506 e. The topological polar surface area (TPSA) is 235 Å². The van der Waals surface area contributed by atoms with Crippen LogP contribution in [0.3, 0.4) is 0 Å². The molecule has 0 aliphatic carbocycles. The van der Waals surface area contributed by atoms with Crippen molar-refractivity contribution in [3.63, 3.8) is 0 Å². The van der Waals surface area contributed by atoms with Crippen LogP contribution in [0.15, 0.2) is 45.6 Å². The Labute approximate surface area is 255 Å². The molecule has 5 rings (SSSR count). The summed E-state index contributed by atoms with van der Waals surface area (Å²) in [5, 5.41) is 72.6. The molecule has 0 saturated carbocycles. The number of Topliss-reactive ketones (excluding diaryl/α,β-unsaturated/α-hetero) is 1. The SMILES string of the molecule is COc1ccc(-c2cc(=O)c3c(O)c(C(C)=O)c(OC4OC(COC5OC(C)C(O)C(O)C5O)C(O)C(O)C4O)cc3o2)cc1. The van der Waals surface area contributed by atoms with Crippen molar-refractivity contribution in [3.05, 3.63) is 52.2 Å². The Morgan fingerprint density at radius 3 is 2.16 bits per heavy atom. The molecule has 2 aromatic carbocycles. The summed E-state index contributed by atoms with van der Waals surface area (Å²) >= 11 is 0. The third-order valence-electron chi connectivity index (χ3n) is 7.83. The number of carbonyl (C=O) groups is 1. The van der Waals surface area contributed by atoms with Gasteiger partial charge in [0.2, 0.25) is 6.29 Å². The fraction of sp³-hybridized carbons (Fsp3) is 0.467.